The van der Waals surface area contributed by atoms with E-state index in [2.05, 4.69) is 5.32 Å². The number of ether oxygens (including phenoxy) is 3. The lowest BCUT2D eigenvalue weighted by atomic mass is 10.1. The quantitative estimate of drug-likeness (QED) is 0.605. The van der Waals surface area contributed by atoms with Crippen LogP contribution in [0.4, 0.5) is 5.69 Å². The molecule has 0 aromatic heterocycles. The molecule has 3 rings (SSSR count). The zero-order chi connectivity index (χ0) is 19.8. The van der Waals surface area contributed by atoms with E-state index in [4.69, 9.17) is 14.2 Å². The second-order valence-corrected chi connectivity index (χ2v) is 6.01. The molecule has 0 atom stereocenters. The van der Waals surface area contributed by atoms with Crippen LogP contribution in [0.5, 0.6) is 17.2 Å². The Morgan fingerprint density at radius 2 is 1.64 bits per heavy atom. The highest BCUT2D eigenvalue weighted by molar-refractivity contribution is 6.05. The lowest BCUT2D eigenvalue weighted by Crippen LogP contribution is -2.15. The molecule has 5 nitrogen and oxygen atoms in total. The summed E-state index contributed by atoms with van der Waals surface area (Å²) in [5.74, 6) is 1.76. The summed E-state index contributed by atoms with van der Waals surface area (Å²) in [5, 5.41) is 2.91. The number of amides is 1. The van der Waals surface area contributed by atoms with Gasteiger partial charge in [-0.1, -0.05) is 36.4 Å². The number of anilines is 1. The molecule has 144 valence electrons. The largest absolute Gasteiger partial charge is 0.493 e. The van der Waals surface area contributed by atoms with Gasteiger partial charge in [0.25, 0.3) is 5.91 Å². The molecule has 1 amide bonds. The molecule has 0 aliphatic heterocycles. The molecule has 0 bridgehead atoms. The molecule has 1 N–H and O–H groups in total. The third-order valence-electron chi connectivity index (χ3n) is 4.12. The Bertz CT molecular complexity index is 925. The maximum Gasteiger partial charge on any atom is 0.256 e. The molecule has 0 aliphatic carbocycles. The van der Waals surface area contributed by atoms with Gasteiger partial charge in [0, 0.05) is 22.9 Å². The number of benzene rings is 3. The highest BCUT2D eigenvalue weighted by Crippen LogP contribution is 2.30. The van der Waals surface area contributed by atoms with Gasteiger partial charge < -0.3 is 19.5 Å². The number of nitrogens with one attached hydrogen (secondary N) is 1. The van der Waals surface area contributed by atoms with Crippen LogP contribution in [0.2, 0.25) is 0 Å². The number of rotatable bonds is 8. The predicted octanol–water partition coefficient (Wildman–Crippen LogP) is 4.93. The van der Waals surface area contributed by atoms with Gasteiger partial charge in [-0.3, -0.25) is 4.79 Å². The van der Waals surface area contributed by atoms with Crippen LogP contribution in [0.25, 0.3) is 0 Å². The van der Waals surface area contributed by atoms with Crippen LogP contribution < -0.4 is 19.5 Å². The minimum atomic E-state index is -0.210. The SMILES string of the molecule is CCOc1ccc(NC(=O)c2ccccc2COc2ccccc2)cc1OC. The first-order chi connectivity index (χ1) is 13.7. The summed E-state index contributed by atoms with van der Waals surface area (Å²) in [6, 6.07) is 22.2. The number of methoxy groups -OCH3 is 1. The lowest BCUT2D eigenvalue weighted by Gasteiger charge is -2.13. The molecule has 0 spiro atoms. The van der Waals surface area contributed by atoms with Gasteiger partial charge in [0.15, 0.2) is 11.5 Å². The molecule has 5 heteroatoms. The van der Waals surface area contributed by atoms with E-state index < -0.39 is 0 Å². The number of carbonyl (C=O) groups is 1. The Labute approximate surface area is 164 Å². The van der Waals surface area contributed by atoms with Crippen molar-refractivity contribution in [1.82, 2.24) is 0 Å². The van der Waals surface area contributed by atoms with E-state index in [1.54, 1.807) is 31.4 Å². The van der Waals surface area contributed by atoms with Gasteiger partial charge in [0.05, 0.1) is 13.7 Å². The third-order valence-corrected chi connectivity index (χ3v) is 4.12. The molecule has 0 radical (unpaired) electrons. The van der Waals surface area contributed by atoms with Crippen molar-refractivity contribution >= 4 is 11.6 Å². The van der Waals surface area contributed by atoms with Crippen molar-refractivity contribution in [3.63, 3.8) is 0 Å². The van der Waals surface area contributed by atoms with Gasteiger partial charge in [-0.25, -0.2) is 0 Å². The first-order valence-corrected chi connectivity index (χ1v) is 9.09. The number of hydrogen-bond acceptors (Lipinski definition) is 4. The molecule has 28 heavy (non-hydrogen) atoms. The average Bonchev–Trinajstić information content (AvgIpc) is 2.74. The monoisotopic (exact) mass is 377 g/mol. The zero-order valence-electron chi connectivity index (χ0n) is 16.0. The molecule has 0 aliphatic rings. The predicted molar refractivity (Wildman–Crippen MR) is 109 cm³/mol. The molecule has 0 unspecified atom stereocenters. The normalized spacial score (nSPS) is 10.2. The van der Waals surface area contributed by atoms with E-state index >= 15 is 0 Å². The van der Waals surface area contributed by atoms with Crippen molar-refractivity contribution in [3.8, 4) is 17.2 Å². The maximum atomic E-state index is 12.8. The van der Waals surface area contributed by atoms with Crippen LogP contribution in [0.3, 0.4) is 0 Å². The third kappa shape index (κ3) is 4.82. The van der Waals surface area contributed by atoms with Crippen molar-refractivity contribution in [3.05, 3.63) is 83.9 Å². The van der Waals surface area contributed by atoms with Crippen LogP contribution in [0, 0.1) is 0 Å². The fourth-order valence-corrected chi connectivity index (χ4v) is 2.76. The van der Waals surface area contributed by atoms with E-state index in [0.717, 1.165) is 11.3 Å². The van der Waals surface area contributed by atoms with Gasteiger partial charge in [0.1, 0.15) is 12.4 Å². The number of hydrogen-bond donors (Lipinski definition) is 1. The van der Waals surface area contributed by atoms with Crippen LogP contribution in [0.15, 0.2) is 72.8 Å². The zero-order valence-corrected chi connectivity index (χ0v) is 16.0. The van der Waals surface area contributed by atoms with Crippen LogP contribution in [-0.2, 0) is 6.61 Å². The molecular weight excluding hydrogens is 354 g/mol. The smallest absolute Gasteiger partial charge is 0.256 e. The Morgan fingerprint density at radius 1 is 0.893 bits per heavy atom. The standard InChI is InChI=1S/C23H23NO4/c1-3-27-21-14-13-18(15-22(21)26-2)24-23(25)20-12-8-7-9-17(20)16-28-19-10-5-4-6-11-19/h4-15H,3,16H2,1-2H3,(H,24,25). The summed E-state index contributed by atoms with van der Waals surface area (Å²) < 4.78 is 16.6. The van der Waals surface area contributed by atoms with E-state index in [1.165, 1.54) is 0 Å². The summed E-state index contributed by atoms with van der Waals surface area (Å²) in [4.78, 5) is 12.8. The Kier molecular flexibility index (Phi) is 6.52. The van der Waals surface area contributed by atoms with Crippen molar-refractivity contribution < 1.29 is 19.0 Å². The molecule has 0 fully saturated rings. The second kappa shape index (κ2) is 9.46. The van der Waals surface area contributed by atoms with E-state index in [9.17, 15) is 4.79 Å². The fraction of sp³-hybridized carbons (Fsp3) is 0.174. The van der Waals surface area contributed by atoms with Crippen molar-refractivity contribution in [2.75, 3.05) is 19.0 Å². The van der Waals surface area contributed by atoms with Crippen LogP contribution in [-0.4, -0.2) is 19.6 Å². The first-order valence-electron chi connectivity index (χ1n) is 9.09. The Hall–Kier alpha value is -3.47. The number of carbonyl (C=O) groups excluding carboxylic acids is 1. The van der Waals surface area contributed by atoms with E-state index in [-0.39, 0.29) is 5.91 Å². The van der Waals surface area contributed by atoms with Gasteiger partial charge in [-0.05, 0) is 37.3 Å². The van der Waals surface area contributed by atoms with Gasteiger partial charge in [0.2, 0.25) is 0 Å². The highest BCUT2D eigenvalue weighted by atomic mass is 16.5. The summed E-state index contributed by atoms with van der Waals surface area (Å²) in [7, 11) is 1.57. The Balaban J connectivity index is 1.74. The van der Waals surface area contributed by atoms with Gasteiger partial charge >= 0.3 is 0 Å². The summed E-state index contributed by atoms with van der Waals surface area (Å²) in [6.45, 7) is 2.75. The topological polar surface area (TPSA) is 56.8 Å². The Morgan fingerprint density at radius 3 is 2.39 bits per heavy atom. The van der Waals surface area contributed by atoms with E-state index in [1.807, 2.05) is 55.5 Å². The van der Waals surface area contributed by atoms with Gasteiger partial charge in [-0.15, -0.1) is 0 Å². The molecule has 0 saturated carbocycles. The molecule has 3 aromatic rings. The number of para-hydroxylation sites is 1. The summed E-state index contributed by atoms with van der Waals surface area (Å²) >= 11 is 0. The average molecular weight is 377 g/mol. The minimum absolute atomic E-state index is 0.210. The highest BCUT2D eigenvalue weighted by Gasteiger charge is 2.13. The van der Waals surface area contributed by atoms with Gasteiger partial charge in [-0.2, -0.15) is 0 Å². The van der Waals surface area contributed by atoms with Crippen LogP contribution in [0.1, 0.15) is 22.8 Å². The van der Waals surface area contributed by atoms with Crippen LogP contribution >= 0.6 is 0 Å². The second-order valence-electron chi connectivity index (χ2n) is 6.01. The summed E-state index contributed by atoms with van der Waals surface area (Å²) in [6.07, 6.45) is 0. The minimum Gasteiger partial charge on any atom is -0.493 e. The maximum absolute atomic E-state index is 12.8. The molecule has 0 heterocycles. The first kappa shape index (κ1) is 19.3. The lowest BCUT2D eigenvalue weighted by molar-refractivity contribution is 0.102. The van der Waals surface area contributed by atoms with E-state index in [0.29, 0.717) is 36.0 Å². The fourth-order valence-electron chi connectivity index (χ4n) is 2.76. The van der Waals surface area contributed by atoms with Crippen molar-refractivity contribution in [2.24, 2.45) is 0 Å². The molecular formula is C23H23NO4. The van der Waals surface area contributed by atoms with Crippen molar-refractivity contribution in [2.45, 2.75) is 13.5 Å². The molecule has 3 aromatic carbocycles. The van der Waals surface area contributed by atoms with Crippen molar-refractivity contribution in [1.29, 1.82) is 0 Å². The molecule has 0 saturated heterocycles. The summed E-state index contributed by atoms with van der Waals surface area (Å²) in [5.41, 5.74) is 2.00.